The molecule has 84 valence electrons. The third-order valence-electron chi connectivity index (χ3n) is 2.34. The predicted molar refractivity (Wildman–Crippen MR) is 62.5 cm³/mol. The van der Waals surface area contributed by atoms with Crippen LogP contribution in [0.25, 0.3) is 0 Å². The highest BCUT2D eigenvalue weighted by atomic mass is 35.5. The Morgan fingerprint density at radius 2 is 1.29 bits per heavy atom. The monoisotopic (exact) mass is 220 g/mol. The summed E-state index contributed by atoms with van der Waals surface area (Å²) in [6.45, 7) is -0.148. The van der Waals surface area contributed by atoms with Crippen molar-refractivity contribution in [1.82, 2.24) is 0 Å². The van der Waals surface area contributed by atoms with Crippen molar-refractivity contribution >= 4 is 11.6 Å². The van der Waals surface area contributed by atoms with E-state index in [2.05, 4.69) is 0 Å². The molecule has 0 radical (unpaired) electrons. The smallest absolute Gasteiger partial charge is 0.0894 e. The van der Waals surface area contributed by atoms with Crippen molar-refractivity contribution in [2.24, 2.45) is 0 Å². The van der Waals surface area contributed by atoms with Gasteiger partial charge in [-0.1, -0.05) is 56.2 Å². The van der Waals surface area contributed by atoms with Crippen LogP contribution >= 0.6 is 11.6 Å². The van der Waals surface area contributed by atoms with E-state index in [9.17, 15) is 4.39 Å². The molecule has 0 nitrogen and oxygen atoms in total. The van der Waals surface area contributed by atoms with Crippen LogP contribution in [0.4, 0.5) is 4.39 Å². The summed E-state index contributed by atoms with van der Waals surface area (Å²) in [5.41, 5.74) is 1.59. The minimum Gasteiger partial charge on any atom is -0.251 e. The van der Waals surface area contributed by atoms with Crippen molar-refractivity contribution in [3.63, 3.8) is 0 Å². The zero-order valence-electron chi connectivity index (χ0n) is 8.98. The molecular weight excluding hydrogens is 199 g/mol. The summed E-state index contributed by atoms with van der Waals surface area (Å²) in [5, 5.41) is 0. The van der Waals surface area contributed by atoms with E-state index >= 15 is 0 Å². The van der Waals surface area contributed by atoms with Gasteiger partial charge in [-0.15, -0.1) is 0 Å². The Morgan fingerprint density at radius 3 is 1.79 bits per heavy atom. The van der Waals surface area contributed by atoms with Crippen LogP contribution in [0.1, 0.15) is 57.8 Å². The van der Waals surface area contributed by atoms with Gasteiger partial charge < -0.3 is 0 Å². The van der Waals surface area contributed by atoms with E-state index in [1.165, 1.54) is 38.5 Å². The highest BCUT2D eigenvalue weighted by Gasteiger charge is 1.91. The number of allylic oxidation sites excluding steroid dienone is 1. The highest BCUT2D eigenvalue weighted by Crippen LogP contribution is 2.09. The molecular formula is C12H22ClF. The molecule has 0 heterocycles. The molecule has 0 aliphatic rings. The van der Waals surface area contributed by atoms with Gasteiger partial charge in [-0.2, -0.15) is 0 Å². The molecule has 0 spiro atoms. The van der Waals surface area contributed by atoms with Gasteiger partial charge in [0.25, 0.3) is 0 Å². The highest BCUT2D eigenvalue weighted by molar-refractivity contribution is 6.25. The summed E-state index contributed by atoms with van der Waals surface area (Å²) in [6, 6.07) is 0. The molecule has 0 aliphatic carbocycles. The fourth-order valence-electron chi connectivity index (χ4n) is 1.48. The summed E-state index contributed by atoms with van der Waals surface area (Å²) < 4.78 is 11.7. The van der Waals surface area contributed by atoms with Gasteiger partial charge in [0.2, 0.25) is 0 Å². The van der Waals surface area contributed by atoms with Crippen LogP contribution < -0.4 is 0 Å². The number of unbranched alkanes of at least 4 members (excludes halogenated alkanes) is 8. The maximum absolute atomic E-state index is 11.7. The lowest BCUT2D eigenvalue weighted by atomic mass is 10.1. The Morgan fingerprint density at radius 1 is 0.786 bits per heavy atom. The summed E-state index contributed by atoms with van der Waals surface area (Å²) in [6.07, 6.45) is 12.5. The average Bonchev–Trinajstić information content (AvgIpc) is 2.21. The van der Waals surface area contributed by atoms with E-state index in [4.69, 9.17) is 11.6 Å². The van der Waals surface area contributed by atoms with Crippen LogP contribution in [-0.2, 0) is 0 Å². The van der Waals surface area contributed by atoms with E-state index in [1.54, 1.807) is 5.54 Å². The molecule has 0 rings (SSSR count). The maximum Gasteiger partial charge on any atom is 0.0894 e. The number of hydrogen-bond donors (Lipinski definition) is 0. The van der Waals surface area contributed by atoms with Crippen LogP contribution in [0.2, 0.25) is 0 Å². The van der Waals surface area contributed by atoms with E-state index in [0.29, 0.717) is 0 Å². The average molecular weight is 221 g/mol. The van der Waals surface area contributed by atoms with Gasteiger partial charge in [-0.25, -0.2) is 0 Å². The number of rotatable bonds is 10. The molecule has 0 fully saturated rings. The van der Waals surface area contributed by atoms with Gasteiger partial charge >= 0.3 is 0 Å². The first-order valence-corrected chi connectivity index (χ1v) is 6.16. The van der Waals surface area contributed by atoms with Crippen LogP contribution in [0.3, 0.4) is 0 Å². The lowest BCUT2D eigenvalue weighted by Crippen LogP contribution is -1.81. The van der Waals surface area contributed by atoms with E-state index in [-0.39, 0.29) is 6.67 Å². The van der Waals surface area contributed by atoms with Crippen molar-refractivity contribution in [1.29, 1.82) is 0 Å². The summed E-state index contributed by atoms with van der Waals surface area (Å²) in [5.74, 6) is 0. The summed E-state index contributed by atoms with van der Waals surface area (Å²) in [7, 11) is 0. The third kappa shape index (κ3) is 12.0. The van der Waals surface area contributed by atoms with Crippen molar-refractivity contribution < 1.29 is 4.39 Å². The van der Waals surface area contributed by atoms with Crippen LogP contribution in [0.5, 0.6) is 0 Å². The zero-order valence-corrected chi connectivity index (χ0v) is 9.74. The third-order valence-corrected chi connectivity index (χ3v) is 2.52. The van der Waals surface area contributed by atoms with Gasteiger partial charge in [0.1, 0.15) is 0 Å². The molecule has 0 saturated carbocycles. The fourth-order valence-corrected chi connectivity index (χ4v) is 1.61. The maximum atomic E-state index is 11.7. The Bertz CT molecular complexity index is 123. The minimum absolute atomic E-state index is 0.148. The lowest BCUT2D eigenvalue weighted by Gasteiger charge is -1.99. The van der Waals surface area contributed by atoms with Crippen molar-refractivity contribution in [3.8, 4) is 0 Å². The Kier molecular flexibility index (Phi) is 12.9. The molecule has 0 unspecified atom stereocenters. The first kappa shape index (κ1) is 14.0. The van der Waals surface area contributed by atoms with Gasteiger partial charge in [-0.05, 0) is 19.3 Å². The molecule has 0 N–H and O–H groups in total. The molecule has 0 aromatic carbocycles. The van der Waals surface area contributed by atoms with Crippen LogP contribution in [0.15, 0.2) is 11.6 Å². The van der Waals surface area contributed by atoms with Gasteiger partial charge in [0.05, 0.1) is 6.67 Å². The summed E-state index contributed by atoms with van der Waals surface area (Å²) in [4.78, 5) is 0. The molecule has 0 atom stereocenters. The SMILES string of the molecule is FCCCCCCCCCCC=CCl. The Labute approximate surface area is 92.5 Å². The quantitative estimate of drug-likeness (QED) is 0.443. The first-order valence-electron chi connectivity index (χ1n) is 5.73. The molecule has 0 saturated heterocycles. The second-order valence-electron chi connectivity index (χ2n) is 3.67. The van der Waals surface area contributed by atoms with E-state index in [0.717, 1.165) is 19.3 Å². The van der Waals surface area contributed by atoms with Crippen molar-refractivity contribution in [2.75, 3.05) is 6.67 Å². The molecule has 14 heavy (non-hydrogen) atoms. The van der Waals surface area contributed by atoms with E-state index < -0.39 is 0 Å². The molecule has 2 heteroatoms. The second-order valence-corrected chi connectivity index (χ2v) is 3.92. The molecule has 0 amide bonds. The van der Waals surface area contributed by atoms with Crippen LogP contribution in [0, 0.1) is 0 Å². The molecule has 0 aromatic rings. The number of alkyl halides is 1. The topological polar surface area (TPSA) is 0 Å². The largest absolute Gasteiger partial charge is 0.251 e. The van der Waals surface area contributed by atoms with Gasteiger partial charge in [0, 0.05) is 5.54 Å². The fraction of sp³-hybridized carbons (Fsp3) is 0.833. The second kappa shape index (κ2) is 13.0. The lowest BCUT2D eigenvalue weighted by molar-refractivity contribution is 0.449. The molecule has 0 aliphatic heterocycles. The molecule has 0 aromatic heterocycles. The van der Waals surface area contributed by atoms with Crippen molar-refractivity contribution in [2.45, 2.75) is 57.8 Å². The zero-order chi connectivity index (χ0) is 10.5. The normalized spacial score (nSPS) is 11.3. The number of halogens is 2. The van der Waals surface area contributed by atoms with Gasteiger partial charge in [-0.3, -0.25) is 4.39 Å². The van der Waals surface area contributed by atoms with Gasteiger partial charge in [0.15, 0.2) is 0 Å². The first-order chi connectivity index (χ1) is 6.91. The van der Waals surface area contributed by atoms with Crippen molar-refractivity contribution in [3.05, 3.63) is 11.6 Å². The Hall–Kier alpha value is -0.0400. The molecule has 0 bridgehead atoms. The minimum atomic E-state index is -0.148. The Balaban J connectivity index is 2.85. The van der Waals surface area contributed by atoms with E-state index in [1.807, 2.05) is 6.08 Å². The standard InChI is InChI=1S/C12H22ClF/c13-11-9-7-5-3-1-2-4-6-8-10-12-14/h9,11H,1-8,10,12H2. The summed E-state index contributed by atoms with van der Waals surface area (Å²) >= 11 is 5.40. The number of hydrogen-bond acceptors (Lipinski definition) is 0. The van der Waals surface area contributed by atoms with Crippen LogP contribution in [-0.4, -0.2) is 6.67 Å². The predicted octanol–water partition coefficient (Wildman–Crippen LogP) is 5.22.